The molecule has 0 radical (unpaired) electrons. The second kappa shape index (κ2) is 5.38. The molecule has 1 aromatic carbocycles. The second-order valence-electron chi connectivity index (χ2n) is 4.56. The Balaban J connectivity index is 2.26. The highest BCUT2D eigenvalue weighted by Crippen LogP contribution is 2.32. The minimum Gasteiger partial charge on any atom is -0.311 e. The van der Waals surface area contributed by atoms with E-state index < -0.39 is 21.9 Å². The van der Waals surface area contributed by atoms with Gasteiger partial charge in [-0.25, -0.2) is 0 Å². The van der Waals surface area contributed by atoms with Gasteiger partial charge < -0.3 is 4.90 Å². The summed E-state index contributed by atoms with van der Waals surface area (Å²) in [6.07, 6.45) is -0.0593. The van der Waals surface area contributed by atoms with Crippen molar-refractivity contribution in [3.05, 3.63) is 28.8 Å². The van der Waals surface area contributed by atoms with Crippen LogP contribution in [0.5, 0.6) is 0 Å². The lowest BCUT2D eigenvalue weighted by Gasteiger charge is -2.18. The number of anilines is 1. The Labute approximate surface area is 120 Å². The smallest absolute Gasteiger partial charge is 0.302 e. The third kappa shape index (κ3) is 3.26. The number of rotatable bonds is 3. The van der Waals surface area contributed by atoms with E-state index in [9.17, 15) is 17.1 Å². The zero-order chi connectivity index (χ0) is 14.9. The molecular formula is C12H10ClFN2O3S. The van der Waals surface area contributed by atoms with Crippen LogP contribution in [-0.4, -0.2) is 26.6 Å². The number of nitrogens with zero attached hydrogens (tertiary/aromatic N) is 2. The molecule has 20 heavy (non-hydrogen) atoms. The van der Waals surface area contributed by atoms with Crippen molar-refractivity contribution in [3.8, 4) is 6.07 Å². The molecule has 0 saturated carbocycles. The molecular weight excluding hydrogens is 307 g/mol. The molecule has 0 bridgehead atoms. The monoisotopic (exact) mass is 316 g/mol. The van der Waals surface area contributed by atoms with Gasteiger partial charge in [0.15, 0.2) is 0 Å². The highest BCUT2D eigenvalue weighted by Gasteiger charge is 2.34. The molecule has 2 rings (SSSR count). The summed E-state index contributed by atoms with van der Waals surface area (Å²) in [5.74, 6) is -1.64. The Kier molecular flexibility index (Phi) is 3.97. The predicted molar refractivity (Wildman–Crippen MR) is 71.5 cm³/mol. The van der Waals surface area contributed by atoms with Crippen LogP contribution >= 0.6 is 11.6 Å². The Morgan fingerprint density at radius 3 is 2.80 bits per heavy atom. The molecule has 1 aliphatic heterocycles. The van der Waals surface area contributed by atoms with Crippen molar-refractivity contribution in [1.29, 1.82) is 5.26 Å². The Morgan fingerprint density at radius 1 is 1.50 bits per heavy atom. The molecule has 1 aromatic rings. The van der Waals surface area contributed by atoms with Crippen LogP contribution < -0.4 is 4.90 Å². The fraction of sp³-hybridized carbons (Fsp3) is 0.333. The van der Waals surface area contributed by atoms with Crippen molar-refractivity contribution in [3.63, 3.8) is 0 Å². The van der Waals surface area contributed by atoms with Gasteiger partial charge in [-0.2, -0.15) is 13.7 Å². The number of nitriles is 1. The molecule has 1 heterocycles. The molecule has 0 spiro atoms. The van der Waals surface area contributed by atoms with Gasteiger partial charge in [0.25, 0.3) is 0 Å². The molecule has 1 unspecified atom stereocenters. The highest BCUT2D eigenvalue weighted by atomic mass is 35.5. The van der Waals surface area contributed by atoms with E-state index in [2.05, 4.69) is 0 Å². The van der Waals surface area contributed by atoms with Crippen molar-refractivity contribution < 1.29 is 17.1 Å². The summed E-state index contributed by atoms with van der Waals surface area (Å²) in [5.41, 5.74) is 0.674. The highest BCUT2D eigenvalue weighted by molar-refractivity contribution is 7.86. The summed E-state index contributed by atoms with van der Waals surface area (Å²) >= 11 is 5.98. The van der Waals surface area contributed by atoms with Gasteiger partial charge in [-0.1, -0.05) is 11.6 Å². The lowest BCUT2D eigenvalue weighted by molar-refractivity contribution is -0.117. The number of carbonyl (C=O) groups excluding carboxylic acids is 1. The van der Waals surface area contributed by atoms with Crippen LogP contribution in [0.3, 0.4) is 0 Å². The van der Waals surface area contributed by atoms with Gasteiger partial charge in [0.2, 0.25) is 5.91 Å². The minimum absolute atomic E-state index is 0.0593. The van der Waals surface area contributed by atoms with Crippen LogP contribution in [0, 0.1) is 17.2 Å². The Morgan fingerprint density at radius 2 is 2.20 bits per heavy atom. The molecule has 1 fully saturated rings. The summed E-state index contributed by atoms with van der Waals surface area (Å²) in [7, 11) is -4.62. The Hall–Kier alpha value is -1.65. The zero-order valence-electron chi connectivity index (χ0n) is 10.2. The average molecular weight is 317 g/mol. The molecule has 0 aromatic heterocycles. The summed E-state index contributed by atoms with van der Waals surface area (Å²) in [4.78, 5) is 13.2. The third-order valence-corrected chi connectivity index (χ3v) is 4.20. The summed E-state index contributed by atoms with van der Waals surface area (Å²) in [5, 5.41) is 9.12. The van der Waals surface area contributed by atoms with E-state index in [4.69, 9.17) is 16.9 Å². The van der Waals surface area contributed by atoms with E-state index in [0.717, 1.165) is 0 Å². The molecule has 0 aliphatic carbocycles. The topological polar surface area (TPSA) is 78.2 Å². The first-order valence-corrected chi connectivity index (χ1v) is 7.65. The van der Waals surface area contributed by atoms with Crippen molar-refractivity contribution in [2.45, 2.75) is 6.42 Å². The fourth-order valence-corrected chi connectivity index (χ4v) is 3.20. The van der Waals surface area contributed by atoms with Crippen molar-refractivity contribution in [2.75, 3.05) is 17.2 Å². The number of hydrogen-bond donors (Lipinski definition) is 0. The SMILES string of the molecule is N#Cc1ccc(Cl)c(N2CC(CS(=O)(=O)F)CC2=O)c1. The van der Waals surface area contributed by atoms with Crippen molar-refractivity contribution >= 4 is 33.4 Å². The summed E-state index contributed by atoms with van der Waals surface area (Å²) < 4.78 is 33.9. The maximum atomic E-state index is 12.7. The normalized spacial score (nSPS) is 19.1. The molecule has 5 nitrogen and oxygen atoms in total. The first-order valence-electron chi connectivity index (χ1n) is 5.72. The molecule has 106 valence electrons. The van der Waals surface area contributed by atoms with Gasteiger partial charge in [-0.15, -0.1) is 3.89 Å². The molecule has 0 N–H and O–H groups in total. The first-order chi connectivity index (χ1) is 9.30. The number of hydrogen-bond acceptors (Lipinski definition) is 4. The van der Waals surface area contributed by atoms with Crippen LogP contribution in [0.4, 0.5) is 9.57 Å². The maximum Gasteiger partial charge on any atom is 0.302 e. The molecule has 1 atom stereocenters. The molecule has 1 aliphatic rings. The fourth-order valence-electron chi connectivity index (χ4n) is 2.20. The summed E-state index contributed by atoms with van der Waals surface area (Å²) in [6.45, 7) is 0.0661. The van der Waals surface area contributed by atoms with Crippen LogP contribution in [0.2, 0.25) is 5.02 Å². The van der Waals surface area contributed by atoms with E-state index in [0.29, 0.717) is 11.3 Å². The van der Waals surface area contributed by atoms with Crippen molar-refractivity contribution in [1.82, 2.24) is 0 Å². The van der Waals surface area contributed by atoms with Crippen LogP contribution in [-0.2, 0) is 15.0 Å². The predicted octanol–water partition coefficient (Wildman–Crippen LogP) is 1.86. The number of benzene rings is 1. The lowest BCUT2D eigenvalue weighted by Crippen LogP contribution is -2.25. The number of amides is 1. The Bertz CT molecular complexity index is 699. The quantitative estimate of drug-likeness (QED) is 0.797. The standard InChI is InChI=1S/C12H10ClFN2O3S/c13-10-2-1-8(5-15)3-11(10)16-6-9(4-12(16)17)7-20(14,18)19/h1-3,9H,4,6-7H2. The number of carbonyl (C=O) groups is 1. The average Bonchev–Trinajstić information content (AvgIpc) is 2.68. The van der Waals surface area contributed by atoms with Gasteiger partial charge in [-0.3, -0.25) is 4.79 Å². The summed E-state index contributed by atoms with van der Waals surface area (Å²) in [6, 6.07) is 6.38. The van der Waals surface area contributed by atoms with E-state index in [1.54, 1.807) is 0 Å². The molecule has 1 saturated heterocycles. The van der Waals surface area contributed by atoms with E-state index >= 15 is 0 Å². The van der Waals surface area contributed by atoms with Crippen LogP contribution in [0.1, 0.15) is 12.0 Å². The van der Waals surface area contributed by atoms with Gasteiger partial charge in [0.1, 0.15) is 0 Å². The van der Waals surface area contributed by atoms with E-state index in [1.165, 1.54) is 23.1 Å². The lowest BCUT2D eigenvalue weighted by atomic mass is 10.1. The largest absolute Gasteiger partial charge is 0.311 e. The van der Waals surface area contributed by atoms with E-state index in [1.807, 2.05) is 6.07 Å². The minimum atomic E-state index is -4.62. The number of halogens is 2. The van der Waals surface area contributed by atoms with Gasteiger partial charge in [0.05, 0.1) is 28.1 Å². The first kappa shape index (κ1) is 14.8. The molecule has 8 heteroatoms. The van der Waals surface area contributed by atoms with Crippen LogP contribution in [0.25, 0.3) is 0 Å². The third-order valence-electron chi connectivity index (χ3n) is 3.01. The van der Waals surface area contributed by atoms with Gasteiger partial charge >= 0.3 is 10.2 Å². The van der Waals surface area contributed by atoms with E-state index in [-0.39, 0.29) is 23.9 Å². The zero-order valence-corrected chi connectivity index (χ0v) is 11.8. The molecule has 1 amide bonds. The maximum absolute atomic E-state index is 12.7. The van der Waals surface area contributed by atoms with Crippen LogP contribution in [0.15, 0.2) is 18.2 Å². The van der Waals surface area contributed by atoms with Crippen molar-refractivity contribution in [2.24, 2.45) is 5.92 Å². The second-order valence-corrected chi connectivity index (χ2v) is 6.38. The van der Waals surface area contributed by atoms with Gasteiger partial charge in [-0.05, 0) is 18.2 Å². The van der Waals surface area contributed by atoms with Gasteiger partial charge in [0, 0.05) is 18.9 Å².